The third-order valence-corrected chi connectivity index (χ3v) is 3.94. The van der Waals surface area contributed by atoms with E-state index in [0.29, 0.717) is 17.1 Å². The van der Waals surface area contributed by atoms with E-state index < -0.39 is 24.1 Å². The van der Waals surface area contributed by atoms with Gasteiger partial charge in [0, 0.05) is 12.1 Å². The summed E-state index contributed by atoms with van der Waals surface area (Å²) in [4.78, 5) is 24.4. The average molecular weight is 382 g/mol. The summed E-state index contributed by atoms with van der Waals surface area (Å²) in [5, 5.41) is 11.5. The van der Waals surface area contributed by atoms with Crippen LogP contribution in [0.15, 0.2) is 48.5 Å². The van der Waals surface area contributed by atoms with Gasteiger partial charge in [0.05, 0.1) is 18.7 Å². The molecular weight excluding hydrogens is 360 g/mol. The Morgan fingerprint density at radius 1 is 1.07 bits per heavy atom. The van der Waals surface area contributed by atoms with Gasteiger partial charge in [-0.1, -0.05) is 18.2 Å². The highest BCUT2D eigenvalue weighted by atomic mass is 16.6. The summed E-state index contributed by atoms with van der Waals surface area (Å²) in [6.07, 6.45) is -1.88. The largest absolute Gasteiger partial charge is 0.496 e. The van der Waals surface area contributed by atoms with Crippen LogP contribution in [0.2, 0.25) is 0 Å². The summed E-state index contributed by atoms with van der Waals surface area (Å²) >= 11 is 0. The van der Waals surface area contributed by atoms with Crippen LogP contribution in [-0.2, 0) is 20.9 Å². The fourth-order valence-corrected chi connectivity index (χ4v) is 2.36. The van der Waals surface area contributed by atoms with E-state index in [2.05, 4.69) is 5.32 Å². The number of carbonyl (C=O) groups is 2. The van der Waals surface area contributed by atoms with Gasteiger partial charge in [-0.15, -0.1) is 0 Å². The number of amides is 1. The van der Waals surface area contributed by atoms with Crippen molar-refractivity contribution in [2.75, 3.05) is 7.11 Å². The van der Waals surface area contributed by atoms with Crippen LogP contribution in [-0.4, -0.2) is 31.2 Å². The quantitative estimate of drug-likeness (QED) is 0.705. The van der Waals surface area contributed by atoms with Crippen LogP contribution in [0, 0.1) is 11.3 Å². The maximum atomic E-state index is 12.2. The lowest BCUT2D eigenvalue weighted by Gasteiger charge is -2.18. The van der Waals surface area contributed by atoms with Crippen LogP contribution in [0.25, 0.3) is 0 Å². The number of rotatable bonds is 8. The molecule has 0 heterocycles. The van der Waals surface area contributed by atoms with Gasteiger partial charge in [-0.3, -0.25) is 4.79 Å². The summed E-state index contributed by atoms with van der Waals surface area (Å²) < 4.78 is 15.9. The number of esters is 1. The van der Waals surface area contributed by atoms with Gasteiger partial charge in [-0.2, -0.15) is 5.26 Å². The van der Waals surface area contributed by atoms with Crippen molar-refractivity contribution in [1.29, 1.82) is 5.26 Å². The average Bonchev–Trinajstić information content (AvgIpc) is 2.72. The first-order valence-electron chi connectivity index (χ1n) is 8.71. The number of methoxy groups -OCH3 is 1. The van der Waals surface area contributed by atoms with Crippen LogP contribution in [0.4, 0.5) is 0 Å². The molecule has 0 aliphatic carbocycles. The van der Waals surface area contributed by atoms with Crippen LogP contribution in [0.1, 0.15) is 25.0 Å². The highest BCUT2D eigenvalue weighted by Crippen LogP contribution is 2.17. The molecule has 2 atom stereocenters. The van der Waals surface area contributed by atoms with Gasteiger partial charge < -0.3 is 19.5 Å². The fourth-order valence-electron chi connectivity index (χ4n) is 2.36. The summed E-state index contributed by atoms with van der Waals surface area (Å²) in [6.45, 7) is 3.27. The van der Waals surface area contributed by atoms with Crippen molar-refractivity contribution in [2.24, 2.45) is 0 Å². The van der Waals surface area contributed by atoms with Gasteiger partial charge in [0.2, 0.25) is 0 Å². The van der Waals surface area contributed by atoms with E-state index in [-0.39, 0.29) is 6.54 Å². The van der Waals surface area contributed by atoms with Crippen molar-refractivity contribution >= 4 is 11.9 Å². The van der Waals surface area contributed by atoms with Gasteiger partial charge in [-0.25, -0.2) is 4.79 Å². The van der Waals surface area contributed by atoms with Crippen molar-refractivity contribution in [3.8, 4) is 17.6 Å². The maximum absolute atomic E-state index is 12.2. The Balaban J connectivity index is 1.84. The van der Waals surface area contributed by atoms with Gasteiger partial charge in [-0.05, 0) is 44.2 Å². The molecule has 0 bridgehead atoms. The number of hydrogen-bond acceptors (Lipinski definition) is 6. The Morgan fingerprint density at radius 3 is 2.39 bits per heavy atom. The van der Waals surface area contributed by atoms with E-state index in [1.54, 1.807) is 37.4 Å². The van der Waals surface area contributed by atoms with E-state index in [1.165, 1.54) is 13.8 Å². The second kappa shape index (κ2) is 9.97. The number of benzene rings is 2. The highest BCUT2D eigenvalue weighted by molar-refractivity contribution is 5.84. The summed E-state index contributed by atoms with van der Waals surface area (Å²) in [5.74, 6) is 0.00254. The molecule has 2 rings (SSSR count). The molecule has 0 aliphatic heterocycles. The smallest absolute Gasteiger partial charge is 0.347 e. The van der Waals surface area contributed by atoms with Crippen LogP contribution in [0.3, 0.4) is 0 Å². The monoisotopic (exact) mass is 382 g/mol. The Labute approximate surface area is 163 Å². The number of ether oxygens (including phenoxy) is 3. The van der Waals surface area contributed by atoms with Gasteiger partial charge >= 0.3 is 5.97 Å². The number of nitriles is 1. The third kappa shape index (κ3) is 5.74. The molecule has 28 heavy (non-hydrogen) atoms. The molecule has 0 spiro atoms. The summed E-state index contributed by atoms with van der Waals surface area (Å²) in [7, 11) is 1.56. The Hall–Kier alpha value is -3.53. The number of nitrogens with one attached hydrogen (secondary N) is 1. The second-order valence-corrected chi connectivity index (χ2v) is 6.01. The molecule has 0 saturated carbocycles. The number of nitrogens with zero attached hydrogens (tertiary/aromatic N) is 1. The molecule has 7 heteroatoms. The van der Waals surface area contributed by atoms with Crippen molar-refractivity contribution in [2.45, 2.75) is 32.6 Å². The lowest BCUT2D eigenvalue weighted by atomic mass is 10.2. The van der Waals surface area contributed by atoms with Gasteiger partial charge in [0.1, 0.15) is 11.5 Å². The van der Waals surface area contributed by atoms with Crippen molar-refractivity contribution in [1.82, 2.24) is 5.32 Å². The van der Waals surface area contributed by atoms with Crippen molar-refractivity contribution in [3.05, 3.63) is 59.7 Å². The lowest BCUT2D eigenvalue weighted by Crippen LogP contribution is -2.38. The van der Waals surface area contributed by atoms with Crippen molar-refractivity contribution < 1.29 is 23.8 Å². The summed E-state index contributed by atoms with van der Waals surface area (Å²) in [5.41, 5.74) is 1.30. The van der Waals surface area contributed by atoms with Crippen LogP contribution in [0.5, 0.6) is 11.5 Å². The Bertz CT molecular complexity index is 858. The normalized spacial score (nSPS) is 12.2. The van der Waals surface area contributed by atoms with E-state index >= 15 is 0 Å². The molecule has 0 fully saturated rings. The molecule has 0 unspecified atom stereocenters. The van der Waals surface area contributed by atoms with E-state index in [1.807, 2.05) is 24.3 Å². The maximum Gasteiger partial charge on any atom is 0.347 e. The van der Waals surface area contributed by atoms with E-state index in [4.69, 9.17) is 19.5 Å². The van der Waals surface area contributed by atoms with Crippen molar-refractivity contribution in [3.63, 3.8) is 0 Å². The molecule has 0 aliphatic rings. The topological polar surface area (TPSA) is 97.7 Å². The van der Waals surface area contributed by atoms with E-state index in [0.717, 1.165) is 5.56 Å². The molecule has 1 amide bonds. The van der Waals surface area contributed by atoms with E-state index in [9.17, 15) is 9.59 Å². The molecule has 7 nitrogen and oxygen atoms in total. The zero-order valence-electron chi connectivity index (χ0n) is 16.0. The Kier molecular flexibility index (Phi) is 7.40. The number of para-hydroxylation sites is 1. The highest BCUT2D eigenvalue weighted by Gasteiger charge is 2.23. The molecule has 2 aromatic rings. The molecule has 0 aromatic heterocycles. The summed E-state index contributed by atoms with van der Waals surface area (Å²) in [6, 6.07) is 15.7. The minimum Gasteiger partial charge on any atom is -0.496 e. The lowest BCUT2D eigenvalue weighted by molar-refractivity contribution is -0.160. The first-order chi connectivity index (χ1) is 13.4. The zero-order chi connectivity index (χ0) is 20.5. The SMILES string of the molecule is COc1ccccc1CNC(=O)[C@@H](C)OC(=O)[C@H](C)Oc1ccc(C#N)cc1. The molecular formula is C21H22N2O5. The molecule has 0 saturated heterocycles. The minimum atomic E-state index is -0.978. The predicted octanol–water partition coefficient (Wildman–Crippen LogP) is 2.58. The van der Waals surface area contributed by atoms with Gasteiger partial charge in [0.25, 0.3) is 5.91 Å². The first kappa shape index (κ1) is 20.8. The molecule has 0 radical (unpaired) electrons. The van der Waals surface area contributed by atoms with Crippen LogP contribution < -0.4 is 14.8 Å². The fraction of sp³-hybridized carbons (Fsp3) is 0.286. The second-order valence-electron chi connectivity index (χ2n) is 6.01. The first-order valence-corrected chi connectivity index (χ1v) is 8.71. The molecule has 146 valence electrons. The Morgan fingerprint density at radius 2 is 1.75 bits per heavy atom. The predicted molar refractivity (Wildman–Crippen MR) is 102 cm³/mol. The third-order valence-electron chi connectivity index (χ3n) is 3.94. The zero-order valence-corrected chi connectivity index (χ0v) is 16.0. The number of carbonyl (C=O) groups excluding carboxylic acids is 2. The minimum absolute atomic E-state index is 0.252. The van der Waals surface area contributed by atoms with Crippen LogP contribution >= 0.6 is 0 Å². The van der Waals surface area contributed by atoms with Gasteiger partial charge in [0.15, 0.2) is 12.2 Å². The standard InChI is InChI=1S/C21H22N2O5/c1-14(20(24)23-13-17-6-4-5-7-19(17)26-3)28-21(25)15(2)27-18-10-8-16(12-22)9-11-18/h4-11,14-15H,13H2,1-3H3,(H,23,24)/t14-,15+/m1/s1. The molecule has 2 aromatic carbocycles. The number of hydrogen-bond donors (Lipinski definition) is 1. The molecule has 1 N–H and O–H groups in total.